The third-order valence-corrected chi connectivity index (χ3v) is 4.69. The van der Waals surface area contributed by atoms with Crippen molar-refractivity contribution in [2.75, 3.05) is 11.1 Å². The number of hydrogen-bond acceptors (Lipinski definition) is 6. The second kappa shape index (κ2) is 6.84. The first-order valence-corrected chi connectivity index (χ1v) is 8.07. The molecule has 0 saturated carbocycles. The average molecular weight is 330 g/mol. The lowest BCUT2D eigenvalue weighted by atomic mass is 10.1. The maximum Gasteiger partial charge on any atom is 0.234 e. The van der Waals surface area contributed by atoms with Crippen LogP contribution in [0.15, 0.2) is 9.55 Å². The molecule has 0 fully saturated rings. The van der Waals surface area contributed by atoms with Gasteiger partial charge in [-0.3, -0.25) is 4.79 Å². The van der Waals surface area contributed by atoms with Crippen LogP contribution in [-0.2, 0) is 4.79 Å². The molecule has 23 heavy (non-hydrogen) atoms. The number of carbonyl (C=O) groups is 1. The van der Waals surface area contributed by atoms with Gasteiger partial charge >= 0.3 is 0 Å². The smallest absolute Gasteiger partial charge is 0.234 e. The third kappa shape index (κ3) is 3.54. The molecule has 0 atom stereocenters. The number of amides is 1. The van der Waals surface area contributed by atoms with Gasteiger partial charge in [0.05, 0.1) is 11.3 Å². The van der Waals surface area contributed by atoms with Gasteiger partial charge in [0, 0.05) is 5.69 Å². The Morgan fingerprint density at radius 1 is 1.22 bits per heavy atom. The Labute approximate surface area is 139 Å². The van der Waals surface area contributed by atoms with E-state index in [2.05, 4.69) is 21.5 Å². The van der Waals surface area contributed by atoms with Crippen molar-refractivity contribution in [2.24, 2.45) is 0 Å². The monoisotopic (exact) mass is 330 g/mol. The summed E-state index contributed by atoms with van der Waals surface area (Å²) in [6.45, 7) is 9.25. The normalized spacial score (nSPS) is 10.4. The summed E-state index contributed by atoms with van der Waals surface area (Å²) in [5, 5.41) is 16.5. The van der Waals surface area contributed by atoms with Gasteiger partial charge in [-0.1, -0.05) is 16.9 Å². The molecule has 0 saturated heterocycles. The molecule has 1 N–H and O–H groups in total. The van der Waals surface area contributed by atoms with Crippen LogP contribution in [0.3, 0.4) is 0 Å². The van der Waals surface area contributed by atoms with Crippen molar-refractivity contribution >= 4 is 23.4 Å². The molecule has 6 nitrogen and oxygen atoms in total. The van der Waals surface area contributed by atoms with E-state index in [0.717, 1.165) is 16.8 Å². The van der Waals surface area contributed by atoms with E-state index in [9.17, 15) is 10.1 Å². The number of thioether (sulfide) groups is 1. The SMILES string of the molecule is Cc1nc(SCC(=O)Nc2c(C)noc2C)c(C#N)c(C)c1C. The Morgan fingerprint density at radius 2 is 1.91 bits per heavy atom. The highest BCUT2D eigenvalue weighted by Gasteiger charge is 2.16. The predicted molar refractivity (Wildman–Crippen MR) is 88.5 cm³/mol. The van der Waals surface area contributed by atoms with Crippen LogP contribution >= 0.6 is 11.8 Å². The predicted octanol–water partition coefficient (Wildman–Crippen LogP) is 3.21. The number of aryl methyl sites for hydroxylation is 3. The standard InChI is InChI=1S/C16H18N4O2S/c1-8-9(2)13(6-17)16(18-10(8)3)23-7-14(21)19-15-11(4)20-22-12(15)5/h7H2,1-5H3,(H,19,21). The Bertz CT molecular complexity index is 786. The average Bonchev–Trinajstić information content (AvgIpc) is 2.82. The molecule has 0 aliphatic carbocycles. The molecule has 0 aliphatic heterocycles. The molecule has 2 aromatic rings. The van der Waals surface area contributed by atoms with Gasteiger partial charge in [-0.2, -0.15) is 5.26 Å². The number of anilines is 1. The first-order valence-electron chi connectivity index (χ1n) is 7.08. The lowest BCUT2D eigenvalue weighted by Gasteiger charge is -2.11. The van der Waals surface area contributed by atoms with Crippen LogP contribution in [0.5, 0.6) is 0 Å². The fourth-order valence-electron chi connectivity index (χ4n) is 2.12. The van der Waals surface area contributed by atoms with E-state index >= 15 is 0 Å². The lowest BCUT2D eigenvalue weighted by Crippen LogP contribution is -2.15. The van der Waals surface area contributed by atoms with Crippen LogP contribution in [0, 0.1) is 45.9 Å². The van der Waals surface area contributed by atoms with E-state index in [1.54, 1.807) is 13.8 Å². The Hall–Kier alpha value is -2.33. The summed E-state index contributed by atoms with van der Waals surface area (Å²) in [4.78, 5) is 16.6. The minimum atomic E-state index is -0.189. The highest BCUT2D eigenvalue weighted by molar-refractivity contribution is 8.00. The van der Waals surface area contributed by atoms with Crippen LogP contribution in [0.1, 0.15) is 33.8 Å². The van der Waals surface area contributed by atoms with E-state index in [-0.39, 0.29) is 11.7 Å². The van der Waals surface area contributed by atoms with E-state index in [1.807, 2.05) is 20.8 Å². The number of nitrogens with one attached hydrogen (secondary N) is 1. The zero-order chi connectivity index (χ0) is 17.1. The molecule has 0 spiro atoms. The maximum absolute atomic E-state index is 12.1. The van der Waals surface area contributed by atoms with Gasteiger partial charge in [-0.25, -0.2) is 4.98 Å². The Kier molecular flexibility index (Phi) is 5.06. The van der Waals surface area contributed by atoms with E-state index < -0.39 is 0 Å². The van der Waals surface area contributed by atoms with Crippen LogP contribution in [0.2, 0.25) is 0 Å². The second-order valence-corrected chi connectivity index (χ2v) is 6.24. The van der Waals surface area contributed by atoms with Crippen molar-refractivity contribution in [3.8, 4) is 6.07 Å². The molecule has 0 aromatic carbocycles. The maximum atomic E-state index is 12.1. The van der Waals surface area contributed by atoms with Crippen LogP contribution < -0.4 is 5.32 Å². The first-order chi connectivity index (χ1) is 10.8. The number of hydrogen-bond donors (Lipinski definition) is 1. The molecule has 0 aliphatic rings. The summed E-state index contributed by atoms with van der Waals surface area (Å²) >= 11 is 1.25. The number of nitriles is 1. The fraction of sp³-hybridized carbons (Fsp3) is 0.375. The van der Waals surface area contributed by atoms with Crippen LogP contribution in [0.4, 0.5) is 5.69 Å². The Balaban J connectivity index is 2.12. The number of nitrogens with zero attached hydrogens (tertiary/aromatic N) is 3. The van der Waals surface area contributed by atoms with Gasteiger partial charge in [0.2, 0.25) is 5.91 Å². The molecule has 0 bridgehead atoms. The van der Waals surface area contributed by atoms with Crippen LogP contribution in [0.25, 0.3) is 0 Å². The topological polar surface area (TPSA) is 91.8 Å². The summed E-state index contributed by atoms with van der Waals surface area (Å²) in [5.74, 6) is 0.540. The fourth-order valence-corrected chi connectivity index (χ4v) is 3.00. The van der Waals surface area contributed by atoms with Gasteiger partial charge in [0.1, 0.15) is 22.5 Å². The van der Waals surface area contributed by atoms with Crippen molar-refractivity contribution in [3.63, 3.8) is 0 Å². The molecular formula is C16H18N4O2S. The Morgan fingerprint density at radius 3 is 2.48 bits per heavy atom. The summed E-state index contributed by atoms with van der Waals surface area (Å²) in [6.07, 6.45) is 0. The lowest BCUT2D eigenvalue weighted by molar-refractivity contribution is -0.113. The van der Waals surface area contributed by atoms with Gasteiger partial charge in [-0.15, -0.1) is 0 Å². The largest absolute Gasteiger partial charge is 0.359 e. The summed E-state index contributed by atoms with van der Waals surface area (Å²) in [7, 11) is 0. The zero-order valence-corrected chi connectivity index (χ0v) is 14.6. The number of rotatable bonds is 4. The van der Waals surface area contributed by atoms with Crippen LogP contribution in [-0.4, -0.2) is 21.8 Å². The number of carbonyl (C=O) groups excluding carboxylic acids is 1. The quantitative estimate of drug-likeness (QED) is 0.865. The summed E-state index contributed by atoms with van der Waals surface area (Å²) in [6, 6.07) is 2.18. The number of pyridine rings is 1. The van der Waals surface area contributed by atoms with Crippen molar-refractivity contribution in [2.45, 2.75) is 39.6 Å². The van der Waals surface area contributed by atoms with Crippen molar-refractivity contribution < 1.29 is 9.32 Å². The third-order valence-electron chi connectivity index (χ3n) is 3.71. The molecule has 7 heteroatoms. The molecule has 1 amide bonds. The minimum Gasteiger partial charge on any atom is -0.359 e. The minimum absolute atomic E-state index is 0.160. The van der Waals surface area contributed by atoms with E-state index in [0.29, 0.717) is 27.7 Å². The first kappa shape index (κ1) is 17.0. The molecule has 2 rings (SSSR count). The molecule has 2 aromatic heterocycles. The van der Waals surface area contributed by atoms with Crippen molar-refractivity contribution in [1.82, 2.24) is 10.1 Å². The van der Waals surface area contributed by atoms with Gasteiger partial charge in [0.25, 0.3) is 0 Å². The molecule has 120 valence electrons. The molecular weight excluding hydrogens is 312 g/mol. The van der Waals surface area contributed by atoms with E-state index in [1.165, 1.54) is 11.8 Å². The highest BCUT2D eigenvalue weighted by Crippen LogP contribution is 2.27. The summed E-state index contributed by atoms with van der Waals surface area (Å²) in [5.41, 5.74) is 4.55. The second-order valence-electron chi connectivity index (χ2n) is 5.28. The molecule has 0 unspecified atom stereocenters. The summed E-state index contributed by atoms with van der Waals surface area (Å²) < 4.78 is 5.01. The van der Waals surface area contributed by atoms with Crippen molar-refractivity contribution in [3.05, 3.63) is 33.8 Å². The van der Waals surface area contributed by atoms with Gasteiger partial charge in [0.15, 0.2) is 5.76 Å². The number of aromatic nitrogens is 2. The molecule has 0 radical (unpaired) electrons. The highest BCUT2D eigenvalue weighted by atomic mass is 32.2. The molecule has 2 heterocycles. The van der Waals surface area contributed by atoms with Gasteiger partial charge in [-0.05, 0) is 45.7 Å². The van der Waals surface area contributed by atoms with Crippen molar-refractivity contribution in [1.29, 1.82) is 5.26 Å². The van der Waals surface area contributed by atoms with Gasteiger partial charge < -0.3 is 9.84 Å². The van der Waals surface area contributed by atoms with E-state index in [4.69, 9.17) is 4.52 Å². The zero-order valence-electron chi connectivity index (χ0n) is 13.8.